The quantitative estimate of drug-likeness (QED) is 0.332. The van der Waals surface area contributed by atoms with Crippen molar-refractivity contribution in [2.24, 2.45) is 7.05 Å². The molecule has 0 aliphatic carbocycles. The summed E-state index contributed by atoms with van der Waals surface area (Å²) >= 11 is 0. The van der Waals surface area contributed by atoms with Gasteiger partial charge < -0.3 is 4.57 Å². The van der Waals surface area contributed by atoms with Crippen LogP contribution < -0.4 is 0 Å². The summed E-state index contributed by atoms with van der Waals surface area (Å²) in [5.41, 5.74) is 8.53. The topological polar surface area (TPSA) is 30.7 Å². The number of aryl methyl sites for hydroxylation is 1. The molecule has 2 aromatic heterocycles. The monoisotopic (exact) mass is 359 g/mol. The number of nitrogens with zero attached hydrogens (tertiary/aromatic N) is 3. The minimum atomic E-state index is 0.925. The molecule has 3 heteroatoms. The minimum Gasteiger partial charge on any atom is -0.343 e. The van der Waals surface area contributed by atoms with Crippen molar-refractivity contribution in [3.63, 3.8) is 0 Å². The molecule has 28 heavy (non-hydrogen) atoms. The van der Waals surface area contributed by atoms with Gasteiger partial charge in [-0.05, 0) is 29.8 Å². The molecule has 0 spiro atoms. The molecule has 4 aromatic carbocycles. The maximum atomic E-state index is 5.03. The highest BCUT2D eigenvalue weighted by molar-refractivity contribution is 6.23. The standard InChI is InChI=1S/C25H17N3/c1-28-22-14-8-5-11-17(22)23-24-21(26-19-12-6-7-13-20(19)27-24)15-18(25(23)28)16-9-3-2-4-10-16/h2-15H,1H3. The SMILES string of the molecule is Cn1c2ccccc2c2c3nc4ccccc4nc3cc(-c3ccccc3)c21. The second kappa shape index (κ2) is 5.64. The maximum Gasteiger partial charge on any atom is 0.0995 e. The minimum absolute atomic E-state index is 0.925. The lowest BCUT2D eigenvalue weighted by molar-refractivity contribution is 1.02. The number of fused-ring (bicyclic) bond motifs is 6. The zero-order chi connectivity index (χ0) is 18.7. The van der Waals surface area contributed by atoms with Gasteiger partial charge in [0.2, 0.25) is 0 Å². The first-order valence-electron chi connectivity index (χ1n) is 9.43. The molecule has 0 unspecified atom stereocenters. The number of rotatable bonds is 1. The van der Waals surface area contributed by atoms with E-state index in [0.29, 0.717) is 0 Å². The lowest BCUT2D eigenvalue weighted by Crippen LogP contribution is -1.93. The summed E-state index contributed by atoms with van der Waals surface area (Å²) in [5, 5.41) is 2.39. The molecule has 0 atom stereocenters. The molecule has 0 N–H and O–H groups in total. The van der Waals surface area contributed by atoms with Gasteiger partial charge in [0.1, 0.15) is 0 Å². The van der Waals surface area contributed by atoms with Crippen molar-refractivity contribution in [1.29, 1.82) is 0 Å². The Hall–Kier alpha value is -3.72. The predicted octanol–water partition coefficient (Wildman–Crippen LogP) is 6.09. The molecule has 0 saturated carbocycles. The first-order chi connectivity index (χ1) is 13.8. The summed E-state index contributed by atoms with van der Waals surface area (Å²) in [4.78, 5) is 9.99. The first-order valence-corrected chi connectivity index (χ1v) is 9.43. The molecule has 6 aromatic rings. The van der Waals surface area contributed by atoms with Gasteiger partial charge in [-0.3, -0.25) is 0 Å². The normalized spacial score (nSPS) is 11.8. The van der Waals surface area contributed by atoms with Gasteiger partial charge in [-0.15, -0.1) is 0 Å². The van der Waals surface area contributed by atoms with Crippen LogP contribution in [0, 0.1) is 0 Å². The van der Waals surface area contributed by atoms with Crippen LogP contribution in [0.5, 0.6) is 0 Å². The summed E-state index contributed by atoms with van der Waals surface area (Å²) in [6.07, 6.45) is 0. The zero-order valence-corrected chi connectivity index (χ0v) is 15.4. The smallest absolute Gasteiger partial charge is 0.0995 e. The Bertz CT molecular complexity index is 1510. The number of hydrogen-bond acceptors (Lipinski definition) is 2. The van der Waals surface area contributed by atoms with Crippen LogP contribution in [-0.2, 0) is 7.05 Å². The van der Waals surface area contributed by atoms with E-state index in [1.54, 1.807) is 0 Å². The molecule has 3 nitrogen and oxygen atoms in total. The van der Waals surface area contributed by atoms with Gasteiger partial charge in [0.15, 0.2) is 0 Å². The van der Waals surface area contributed by atoms with Crippen molar-refractivity contribution in [2.45, 2.75) is 0 Å². The fraction of sp³-hybridized carbons (Fsp3) is 0.0400. The van der Waals surface area contributed by atoms with Crippen molar-refractivity contribution in [2.75, 3.05) is 0 Å². The van der Waals surface area contributed by atoms with Gasteiger partial charge in [0.05, 0.1) is 27.6 Å². The van der Waals surface area contributed by atoms with Crippen LogP contribution in [0.1, 0.15) is 0 Å². The number of hydrogen-bond donors (Lipinski definition) is 0. The van der Waals surface area contributed by atoms with Gasteiger partial charge in [-0.1, -0.05) is 60.7 Å². The Kier molecular flexibility index (Phi) is 3.09. The Labute approximate surface area is 161 Å². The van der Waals surface area contributed by atoms with Crippen LogP contribution in [0.3, 0.4) is 0 Å². The van der Waals surface area contributed by atoms with E-state index in [1.807, 2.05) is 24.3 Å². The van der Waals surface area contributed by atoms with Gasteiger partial charge >= 0.3 is 0 Å². The van der Waals surface area contributed by atoms with Gasteiger partial charge in [-0.25, -0.2) is 9.97 Å². The highest BCUT2D eigenvalue weighted by atomic mass is 14.9. The van der Waals surface area contributed by atoms with E-state index in [9.17, 15) is 0 Å². The van der Waals surface area contributed by atoms with Crippen molar-refractivity contribution >= 4 is 43.9 Å². The van der Waals surface area contributed by atoms with E-state index in [-0.39, 0.29) is 0 Å². The highest BCUT2D eigenvalue weighted by Gasteiger charge is 2.18. The Morgan fingerprint density at radius 3 is 2.18 bits per heavy atom. The van der Waals surface area contributed by atoms with Crippen LogP contribution in [0.4, 0.5) is 0 Å². The molecule has 0 bridgehead atoms. The lowest BCUT2D eigenvalue weighted by Gasteiger charge is -2.10. The summed E-state index contributed by atoms with van der Waals surface area (Å²) in [5.74, 6) is 0. The van der Waals surface area contributed by atoms with Crippen LogP contribution in [0.25, 0.3) is 55.0 Å². The molecule has 6 rings (SSSR count). The third-order valence-corrected chi connectivity index (χ3v) is 5.56. The lowest BCUT2D eigenvalue weighted by atomic mass is 10.00. The Balaban J connectivity index is 1.91. The second-order valence-electron chi connectivity index (χ2n) is 7.17. The fourth-order valence-corrected chi connectivity index (χ4v) is 4.29. The largest absolute Gasteiger partial charge is 0.343 e. The Morgan fingerprint density at radius 2 is 1.36 bits per heavy atom. The molecule has 0 aliphatic heterocycles. The molecule has 0 radical (unpaired) electrons. The van der Waals surface area contributed by atoms with Crippen LogP contribution in [-0.4, -0.2) is 14.5 Å². The zero-order valence-electron chi connectivity index (χ0n) is 15.4. The highest BCUT2D eigenvalue weighted by Crippen LogP contribution is 2.39. The average Bonchev–Trinajstić information content (AvgIpc) is 3.06. The van der Waals surface area contributed by atoms with Crippen molar-refractivity contribution in [3.8, 4) is 11.1 Å². The van der Waals surface area contributed by atoms with E-state index >= 15 is 0 Å². The number of aromatic nitrogens is 3. The molecule has 0 aliphatic rings. The van der Waals surface area contributed by atoms with Gasteiger partial charge in [0, 0.05) is 28.9 Å². The molecule has 0 fully saturated rings. The van der Waals surface area contributed by atoms with Gasteiger partial charge in [-0.2, -0.15) is 0 Å². The van der Waals surface area contributed by atoms with E-state index in [4.69, 9.17) is 9.97 Å². The summed E-state index contributed by atoms with van der Waals surface area (Å²) in [6.45, 7) is 0. The van der Waals surface area contributed by atoms with E-state index in [0.717, 1.165) is 22.1 Å². The predicted molar refractivity (Wildman–Crippen MR) is 116 cm³/mol. The number of benzene rings is 4. The molecule has 0 saturated heterocycles. The van der Waals surface area contributed by atoms with Crippen LogP contribution in [0.2, 0.25) is 0 Å². The fourth-order valence-electron chi connectivity index (χ4n) is 4.29. The maximum absolute atomic E-state index is 5.03. The van der Waals surface area contributed by atoms with Crippen molar-refractivity contribution < 1.29 is 0 Å². The van der Waals surface area contributed by atoms with Crippen molar-refractivity contribution in [1.82, 2.24) is 14.5 Å². The van der Waals surface area contributed by atoms with Crippen molar-refractivity contribution in [3.05, 3.63) is 84.9 Å². The molecule has 132 valence electrons. The molecule has 2 heterocycles. The third-order valence-electron chi connectivity index (χ3n) is 5.56. The number of para-hydroxylation sites is 3. The van der Waals surface area contributed by atoms with E-state index < -0.39 is 0 Å². The molecular formula is C25H17N3. The second-order valence-corrected chi connectivity index (χ2v) is 7.17. The summed E-state index contributed by atoms with van der Waals surface area (Å²) in [6, 6.07) is 29.3. The average molecular weight is 359 g/mol. The third kappa shape index (κ3) is 2.04. The van der Waals surface area contributed by atoms with Gasteiger partial charge in [0.25, 0.3) is 0 Å². The summed E-state index contributed by atoms with van der Waals surface area (Å²) < 4.78 is 2.28. The molecule has 0 amide bonds. The first kappa shape index (κ1) is 15.3. The summed E-state index contributed by atoms with van der Waals surface area (Å²) in [7, 11) is 2.14. The van der Waals surface area contributed by atoms with E-state index in [2.05, 4.69) is 72.3 Å². The van der Waals surface area contributed by atoms with Crippen LogP contribution in [0.15, 0.2) is 84.9 Å². The van der Waals surface area contributed by atoms with Crippen LogP contribution >= 0.6 is 0 Å². The van der Waals surface area contributed by atoms with E-state index in [1.165, 1.54) is 32.9 Å². The molecular weight excluding hydrogens is 342 g/mol. The Morgan fingerprint density at radius 1 is 0.679 bits per heavy atom.